The lowest BCUT2D eigenvalue weighted by Gasteiger charge is -2.29. The van der Waals surface area contributed by atoms with Crippen LogP contribution in [-0.2, 0) is 15.0 Å². The van der Waals surface area contributed by atoms with Crippen LogP contribution < -0.4 is 26.0 Å². The molecule has 0 saturated heterocycles. The van der Waals surface area contributed by atoms with Gasteiger partial charge in [0.2, 0.25) is 5.91 Å². The Labute approximate surface area is 209 Å². The molecule has 0 radical (unpaired) electrons. The van der Waals surface area contributed by atoms with Crippen LogP contribution in [0, 0.1) is 0 Å². The van der Waals surface area contributed by atoms with Crippen molar-refractivity contribution in [1.29, 1.82) is 0 Å². The molecule has 1 aromatic heterocycles. The van der Waals surface area contributed by atoms with Gasteiger partial charge in [0.1, 0.15) is 29.2 Å². The van der Waals surface area contributed by atoms with Gasteiger partial charge in [-0.2, -0.15) is 0 Å². The summed E-state index contributed by atoms with van der Waals surface area (Å²) in [5.41, 5.74) is 0.562. The first-order valence-corrected chi connectivity index (χ1v) is 11.4. The van der Waals surface area contributed by atoms with Gasteiger partial charge in [0.15, 0.2) is 0 Å². The van der Waals surface area contributed by atoms with E-state index in [0.717, 1.165) is 5.69 Å². The number of anilines is 2. The highest BCUT2D eigenvalue weighted by Gasteiger charge is 2.28. The maximum atomic E-state index is 12.4. The fourth-order valence-electron chi connectivity index (χ4n) is 3.24. The van der Waals surface area contributed by atoms with Crippen LogP contribution in [0.5, 0.6) is 5.75 Å². The first kappa shape index (κ1) is 26.3. The predicted octanol–water partition coefficient (Wildman–Crippen LogP) is 2.78. The Hall–Kier alpha value is -4.28. The summed E-state index contributed by atoms with van der Waals surface area (Å²) in [7, 11) is 1.49. The summed E-state index contributed by atoms with van der Waals surface area (Å²) in [4.78, 5) is 48.6. The van der Waals surface area contributed by atoms with Crippen LogP contribution in [-0.4, -0.2) is 53.2 Å². The molecular weight excluding hydrogens is 462 g/mol. The molecule has 0 saturated carbocycles. The molecule has 2 heterocycles. The molecule has 4 N–H and O–H groups in total. The molecule has 4 amide bonds. The minimum Gasteiger partial charge on any atom is -0.483 e. The molecule has 0 fully saturated rings. The Morgan fingerprint density at radius 2 is 1.81 bits per heavy atom. The standard InChI is InChI=1S/C25H31N7O4/c1-24(2,3)19-12-20(30-15-29-19)32-23(35)31-16-6-8-17(9-7-16)36-25(4)10-11-27-18(13-25)22(34)28-14-21(33)26-5/h6-9,11-13,15H,10,14H2,1-5H3,(H,26,33)(H,28,34)(H2,29,30,31,32,35). The molecule has 1 aromatic carbocycles. The van der Waals surface area contributed by atoms with E-state index in [0.29, 0.717) is 23.7 Å². The molecule has 3 rings (SSSR count). The van der Waals surface area contributed by atoms with Gasteiger partial charge in [0.05, 0.1) is 12.2 Å². The molecule has 2 aromatic rings. The maximum Gasteiger partial charge on any atom is 0.324 e. The van der Waals surface area contributed by atoms with Crippen molar-refractivity contribution < 1.29 is 19.1 Å². The number of hydrogen-bond donors (Lipinski definition) is 4. The number of benzene rings is 1. The lowest BCUT2D eigenvalue weighted by atomic mass is 9.92. The van der Waals surface area contributed by atoms with Gasteiger partial charge in [0.25, 0.3) is 5.91 Å². The number of carbonyl (C=O) groups excluding carboxylic acids is 3. The Morgan fingerprint density at radius 1 is 1.08 bits per heavy atom. The Morgan fingerprint density at radius 3 is 2.47 bits per heavy atom. The Balaban J connectivity index is 1.59. The van der Waals surface area contributed by atoms with Gasteiger partial charge in [-0.3, -0.25) is 19.9 Å². The number of carbonyl (C=O) groups is 3. The normalized spacial score (nSPS) is 17.0. The third-order valence-corrected chi connectivity index (χ3v) is 5.23. The maximum absolute atomic E-state index is 12.4. The summed E-state index contributed by atoms with van der Waals surface area (Å²) in [5, 5.41) is 10.4. The fraction of sp³-hybridized carbons (Fsp3) is 0.360. The molecule has 1 aliphatic heterocycles. The quantitative estimate of drug-likeness (QED) is 0.466. The van der Waals surface area contributed by atoms with Crippen molar-refractivity contribution in [2.75, 3.05) is 24.2 Å². The van der Waals surface area contributed by atoms with Crippen molar-refractivity contribution in [3.63, 3.8) is 0 Å². The van der Waals surface area contributed by atoms with Crippen LogP contribution in [0.1, 0.15) is 39.8 Å². The molecule has 0 spiro atoms. The van der Waals surface area contributed by atoms with E-state index in [1.54, 1.807) is 42.6 Å². The highest BCUT2D eigenvalue weighted by Crippen LogP contribution is 2.27. The largest absolute Gasteiger partial charge is 0.483 e. The van der Waals surface area contributed by atoms with Gasteiger partial charge >= 0.3 is 6.03 Å². The van der Waals surface area contributed by atoms with E-state index in [2.05, 4.69) is 36.2 Å². The first-order valence-electron chi connectivity index (χ1n) is 11.4. The molecule has 0 bridgehead atoms. The molecule has 190 valence electrons. The topological polar surface area (TPSA) is 147 Å². The Kier molecular flexibility index (Phi) is 8.03. The fourth-order valence-corrected chi connectivity index (χ4v) is 3.24. The van der Waals surface area contributed by atoms with E-state index in [-0.39, 0.29) is 23.6 Å². The second-order valence-electron chi connectivity index (χ2n) is 9.46. The van der Waals surface area contributed by atoms with E-state index in [9.17, 15) is 14.4 Å². The van der Waals surface area contributed by atoms with E-state index in [1.165, 1.54) is 13.4 Å². The third-order valence-electron chi connectivity index (χ3n) is 5.23. The van der Waals surface area contributed by atoms with Gasteiger partial charge in [-0.1, -0.05) is 20.8 Å². The number of ether oxygens (including phenoxy) is 1. The predicted molar refractivity (Wildman–Crippen MR) is 137 cm³/mol. The number of urea groups is 1. The summed E-state index contributed by atoms with van der Waals surface area (Å²) < 4.78 is 6.10. The van der Waals surface area contributed by atoms with Crippen molar-refractivity contribution in [2.45, 2.75) is 45.1 Å². The molecule has 1 atom stereocenters. The summed E-state index contributed by atoms with van der Waals surface area (Å²) in [6.07, 6.45) is 5.11. The SMILES string of the molecule is CNC(=O)CNC(=O)C1=CC(C)(Oc2ccc(NC(=O)Nc3cc(C(C)(C)C)ncn3)cc2)CC=N1. The van der Waals surface area contributed by atoms with Gasteiger partial charge < -0.3 is 20.7 Å². The summed E-state index contributed by atoms with van der Waals surface area (Å²) in [5.74, 6) is 0.178. The van der Waals surface area contributed by atoms with Crippen molar-refractivity contribution >= 4 is 35.6 Å². The number of likely N-dealkylation sites (N-methyl/N-ethyl adjacent to an activating group) is 1. The zero-order valence-corrected chi connectivity index (χ0v) is 21.0. The number of aliphatic imine (C=N–C) groups is 1. The number of nitrogens with one attached hydrogen (secondary N) is 4. The van der Waals surface area contributed by atoms with Crippen molar-refractivity contribution in [3.05, 3.63) is 54.1 Å². The van der Waals surface area contributed by atoms with Crippen LogP contribution in [0.15, 0.2) is 53.4 Å². The smallest absolute Gasteiger partial charge is 0.324 e. The minimum atomic E-state index is -0.814. The van der Waals surface area contributed by atoms with Crippen LogP contribution >= 0.6 is 0 Å². The van der Waals surface area contributed by atoms with Crippen LogP contribution in [0.2, 0.25) is 0 Å². The van der Waals surface area contributed by atoms with E-state index in [1.807, 2.05) is 27.7 Å². The van der Waals surface area contributed by atoms with Crippen molar-refractivity contribution in [1.82, 2.24) is 20.6 Å². The van der Waals surface area contributed by atoms with Gasteiger partial charge in [0, 0.05) is 36.9 Å². The Bertz CT molecular complexity index is 1190. The minimum absolute atomic E-state index is 0.142. The summed E-state index contributed by atoms with van der Waals surface area (Å²) in [6, 6.07) is 8.15. The average molecular weight is 494 g/mol. The highest BCUT2D eigenvalue weighted by molar-refractivity contribution is 5.99. The van der Waals surface area contributed by atoms with Crippen molar-refractivity contribution in [3.8, 4) is 5.75 Å². The van der Waals surface area contributed by atoms with Crippen molar-refractivity contribution in [2.24, 2.45) is 4.99 Å². The van der Waals surface area contributed by atoms with Crippen LogP contribution in [0.25, 0.3) is 0 Å². The van der Waals surface area contributed by atoms with E-state index in [4.69, 9.17) is 4.74 Å². The monoisotopic (exact) mass is 493 g/mol. The number of amides is 4. The first-order chi connectivity index (χ1) is 17.0. The molecule has 1 unspecified atom stereocenters. The second kappa shape index (κ2) is 11.0. The number of nitrogens with zero attached hydrogens (tertiary/aromatic N) is 3. The van der Waals surface area contributed by atoms with E-state index < -0.39 is 17.5 Å². The zero-order valence-electron chi connectivity index (χ0n) is 21.0. The number of rotatable bonds is 7. The van der Waals surface area contributed by atoms with Gasteiger partial charge in [-0.25, -0.2) is 14.8 Å². The molecule has 11 heteroatoms. The third kappa shape index (κ3) is 7.36. The van der Waals surface area contributed by atoms with Crippen LogP contribution in [0.3, 0.4) is 0 Å². The molecule has 11 nitrogen and oxygen atoms in total. The molecule has 0 aliphatic carbocycles. The second-order valence-corrected chi connectivity index (χ2v) is 9.46. The highest BCUT2D eigenvalue weighted by atomic mass is 16.5. The summed E-state index contributed by atoms with van der Waals surface area (Å²) >= 11 is 0. The zero-order chi connectivity index (χ0) is 26.3. The summed E-state index contributed by atoms with van der Waals surface area (Å²) in [6.45, 7) is 7.78. The average Bonchev–Trinajstić information content (AvgIpc) is 2.83. The number of aromatic nitrogens is 2. The van der Waals surface area contributed by atoms with Gasteiger partial charge in [-0.05, 0) is 37.3 Å². The lowest BCUT2D eigenvalue weighted by Crippen LogP contribution is -2.38. The van der Waals surface area contributed by atoms with Gasteiger partial charge in [-0.15, -0.1) is 0 Å². The van der Waals surface area contributed by atoms with E-state index >= 15 is 0 Å². The lowest BCUT2D eigenvalue weighted by molar-refractivity contribution is -0.124. The molecule has 36 heavy (non-hydrogen) atoms. The molecule has 1 aliphatic rings. The number of hydrogen-bond acceptors (Lipinski definition) is 7. The van der Waals surface area contributed by atoms with Crippen LogP contribution in [0.4, 0.5) is 16.3 Å². The molecular formula is C25H31N7O4.